The highest BCUT2D eigenvalue weighted by molar-refractivity contribution is 9.10. The maximum absolute atomic E-state index is 14.0. The van der Waals surface area contributed by atoms with E-state index in [1.165, 1.54) is 0 Å². The van der Waals surface area contributed by atoms with E-state index in [9.17, 15) is 4.79 Å². The third kappa shape index (κ3) is 5.13. The minimum Gasteiger partial charge on any atom is -0.493 e. The number of halogens is 1. The Bertz CT molecular complexity index is 1450. The molecule has 1 fully saturated rings. The number of hydrogen-bond acceptors (Lipinski definition) is 6. The normalized spacial score (nSPS) is 19.4. The second kappa shape index (κ2) is 11.5. The van der Waals surface area contributed by atoms with Crippen molar-refractivity contribution in [1.29, 1.82) is 0 Å². The number of hydrazone groups is 1. The lowest BCUT2D eigenvalue weighted by atomic mass is 9.77. The molecule has 202 valence electrons. The van der Waals surface area contributed by atoms with E-state index in [2.05, 4.69) is 22.0 Å². The fraction of sp³-hybridized carbons (Fsp3) is 0.290. The first-order valence-corrected chi connectivity index (χ1v) is 13.6. The highest BCUT2D eigenvalue weighted by atomic mass is 79.9. The largest absolute Gasteiger partial charge is 0.493 e. The number of amides is 1. The van der Waals surface area contributed by atoms with Gasteiger partial charge in [-0.3, -0.25) is 4.79 Å². The van der Waals surface area contributed by atoms with Crippen LogP contribution in [0.3, 0.4) is 0 Å². The minimum absolute atomic E-state index is 0.0367. The molecule has 0 N–H and O–H groups in total. The molecule has 3 aromatic carbocycles. The summed E-state index contributed by atoms with van der Waals surface area (Å²) in [5, 5.41) is 6.67. The van der Waals surface area contributed by atoms with E-state index in [4.69, 9.17) is 24.0 Å². The molecule has 1 amide bonds. The van der Waals surface area contributed by atoms with Crippen molar-refractivity contribution in [1.82, 2.24) is 5.01 Å². The summed E-state index contributed by atoms with van der Waals surface area (Å²) >= 11 is 3.55. The monoisotopic (exact) mass is 590 g/mol. The van der Waals surface area contributed by atoms with Crippen LogP contribution in [0.5, 0.6) is 23.0 Å². The standard InChI is InChI=1S/C31H31BrN2O5/c1-36-25-14-12-19(17-27(25)38-3)16-20-8-7-10-23-29(20)33-34(31(35)22-9-5-6-11-24(22)32)30(23)21-13-15-26(37-2)28(18-21)39-4/h5-6,9,11-18,23,30H,7-8,10H2,1-4H3/b20-16+/t23-,30+/m0/s1. The molecule has 0 unspecified atom stereocenters. The van der Waals surface area contributed by atoms with E-state index in [1.54, 1.807) is 33.4 Å². The lowest BCUT2D eigenvalue weighted by Gasteiger charge is -2.30. The summed E-state index contributed by atoms with van der Waals surface area (Å²) < 4.78 is 22.7. The van der Waals surface area contributed by atoms with Crippen LogP contribution in [0.2, 0.25) is 0 Å². The van der Waals surface area contributed by atoms with Crippen LogP contribution in [0.15, 0.2) is 75.8 Å². The molecule has 0 radical (unpaired) electrons. The molecule has 1 heterocycles. The van der Waals surface area contributed by atoms with Gasteiger partial charge in [-0.2, -0.15) is 5.10 Å². The first-order valence-electron chi connectivity index (χ1n) is 12.8. The van der Waals surface area contributed by atoms with Gasteiger partial charge in [0.15, 0.2) is 23.0 Å². The third-order valence-corrected chi connectivity index (χ3v) is 8.00. The molecule has 2 atom stereocenters. The topological polar surface area (TPSA) is 69.6 Å². The average molecular weight is 592 g/mol. The SMILES string of the molecule is COc1ccc(/C=C2\CCC[C@H]3C2=NN(C(=O)c2ccccc2Br)[C@@H]3c2ccc(OC)c(OC)c2)cc1OC. The molecular weight excluding hydrogens is 560 g/mol. The van der Waals surface area contributed by atoms with Crippen LogP contribution in [0, 0.1) is 5.92 Å². The molecule has 1 aliphatic heterocycles. The van der Waals surface area contributed by atoms with Crippen LogP contribution >= 0.6 is 15.9 Å². The lowest BCUT2D eigenvalue weighted by Crippen LogP contribution is -2.32. The van der Waals surface area contributed by atoms with Crippen molar-refractivity contribution in [2.75, 3.05) is 28.4 Å². The second-order valence-electron chi connectivity index (χ2n) is 9.46. The Morgan fingerprint density at radius 3 is 2.26 bits per heavy atom. The quantitative estimate of drug-likeness (QED) is 0.299. The van der Waals surface area contributed by atoms with Crippen LogP contribution in [0.4, 0.5) is 0 Å². The van der Waals surface area contributed by atoms with E-state index < -0.39 is 0 Å². The molecule has 8 heteroatoms. The van der Waals surface area contributed by atoms with Gasteiger partial charge in [-0.1, -0.05) is 24.3 Å². The summed E-state index contributed by atoms with van der Waals surface area (Å²) in [5.74, 6) is 2.49. The number of carbonyl (C=O) groups excluding carboxylic acids is 1. The number of nitrogens with zero attached hydrogens (tertiary/aromatic N) is 2. The first-order chi connectivity index (χ1) is 19.0. The summed E-state index contributed by atoms with van der Waals surface area (Å²) in [7, 11) is 6.49. The minimum atomic E-state index is -0.284. The molecule has 0 spiro atoms. The van der Waals surface area contributed by atoms with E-state index in [-0.39, 0.29) is 17.9 Å². The van der Waals surface area contributed by atoms with Crippen molar-refractivity contribution in [3.05, 3.63) is 87.4 Å². The molecule has 5 rings (SSSR count). The highest BCUT2D eigenvalue weighted by Crippen LogP contribution is 2.46. The summed E-state index contributed by atoms with van der Waals surface area (Å²) in [6, 6.07) is 18.9. The zero-order valence-electron chi connectivity index (χ0n) is 22.4. The van der Waals surface area contributed by atoms with E-state index in [1.807, 2.05) is 60.7 Å². The lowest BCUT2D eigenvalue weighted by molar-refractivity contribution is 0.0679. The van der Waals surface area contributed by atoms with Gasteiger partial charge in [0.05, 0.1) is 45.8 Å². The third-order valence-electron chi connectivity index (χ3n) is 7.31. The van der Waals surface area contributed by atoms with Gasteiger partial charge in [-0.25, -0.2) is 5.01 Å². The fourth-order valence-electron chi connectivity index (χ4n) is 5.44. The van der Waals surface area contributed by atoms with Crippen LogP contribution < -0.4 is 18.9 Å². The van der Waals surface area contributed by atoms with Gasteiger partial charge in [0.25, 0.3) is 5.91 Å². The molecule has 0 aromatic heterocycles. The Morgan fingerprint density at radius 2 is 1.56 bits per heavy atom. The average Bonchev–Trinajstić information content (AvgIpc) is 3.37. The van der Waals surface area contributed by atoms with Crippen molar-refractivity contribution in [2.24, 2.45) is 11.0 Å². The Kier molecular flexibility index (Phi) is 7.93. The molecule has 0 bridgehead atoms. The number of ether oxygens (including phenoxy) is 4. The van der Waals surface area contributed by atoms with Gasteiger partial charge in [-0.15, -0.1) is 0 Å². The van der Waals surface area contributed by atoms with Gasteiger partial charge in [0, 0.05) is 10.4 Å². The summed E-state index contributed by atoms with van der Waals surface area (Å²) in [6.45, 7) is 0. The number of rotatable bonds is 7. The number of methoxy groups -OCH3 is 4. The van der Waals surface area contributed by atoms with Crippen LogP contribution in [0.1, 0.15) is 46.8 Å². The van der Waals surface area contributed by atoms with Crippen molar-refractivity contribution in [3.8, 4) is 23.0 Å². The molecule has 2 aliphatic rings. The zero-order valence-corrected chi connectivity index (χ0v) is 24.0. The van der Waals surface area contributed by atoms with E-state index in [0.29, 0.717) is 28.6 Å². The van der Waals surface area contributed by atoms with E-state index >= 15 is 0 Å². The van der Waals surface area contributed by atoms with Crippen LogP contribution in [-0.2, 0) is 0 Å². The number of carbonyl (C=O) groups is 1. The maximum atomic E-state index is 14.0. The van der Waals surface area contributed by atoms with E-state index in [0.717, 1.165) is 46.1 Å². The van der Waals surface area contributed by atoms with Gasteiger partial charge in [0.1, 0.15) is 0 Å². The van der Waals surface area contributed by atoms with Gasteiger partial charge in [-0.05, 0) is 94.4 Å². The van der Waals surface area contributed by atoms with Gasteiger partial charge in [0.2, 0.25) is 0 Å². The molecule has 0 saturated heterocycles. The maximum Gasteiger partial charge on any atom is 0.275 e. The summed E-state index contributed by atoms with van der Waals surface area (Å²) in [5.41, 5.74) is 4.56. The number of hydrogen-bond donors (Lipinski definition) is 0. The number of allylic oxidation sites excluding steroid dienone is 1. The molecule has 39 heavy (non-hydrogen) atoms. The van der Waals surface area contributed by atoms with Gasteiger partial charge < -0.3 is 18.9 Å². The molecular formula is C31H31BrN2O5. The highest BCUT2D eigenvalue weighted by Gasteiger charge is 2.44. The summed E-state index contributed by atoms with van der Waals surface area (Å²) in [6.07, 6.45) is 4.93. The zero-order chi connectivity index (χ0) is 27.5. The Balaban J connectivity index is 1.60. The number of fused-ring (bicyclic) bond motifs is 1. The Hall–Kier alpha value is -3.78. The smallest absolute Gasteiger partial charge is 0.275 e. The first kappa shape index (κ1) is 26.8. The van der Waals surface area contributed by atoms with Crippen molar-refractivity contribution < 1.29 is 23.7 Å². The number of benzene rings is 3. The Morgan fingerprint density at radius 1 is 0.897 bits per heavy atom. The van der Waals surface area contributed by atoms with Crippen molar-refractivity contribution in [2.45, 2.75) is 25.3 Å². The van der Waals surface area contributed by atoms with Crippen molar-refractivity contribution >= 4 is 33.6 Å². The van der Waals surface area contributed by atoms with Crippen molar-refractivity contribution in [3.63, 3.8) is 0 Å². The Labute approximate surface area is 237 Å². The second-order valence-corrected chi connectivity index (χ2v) is 10.3. The molecule has 1 saturated carbocycles. The van der Waals surface area contributed by atoms with Gasteiger partial charge >= 0.3 is 0 Å². The van der Waals surface area contributed by atoms with Crippen LogP contribution in [-0.4, -0.2) is 45.1 Å². The molecule has 1 aliphatic carbocycles. The van der Waals surface area contributed by atoms with Crippen LogP contribution in [0.25, 0.3) is 6.08 Å². The summed E-state index contributed by atoms with van der Waals surface area (Å²) in [4.78, 5) is 14.0. The molecule has 7 nitrogen and oxygen atoms in total. The predicted octanol–water partition coefficient (Wildman–Crippen LogP) is 6.92. The predicted molar refractivity (Wildman–Crippen MR) is 155 cm³/mol. The molecule has 3 aromatic rings. The fourth-order valence-corrected chi connectivity index (χ4v) is 5.89.